The summed E-state index contributed by atoms with van der Waals surface area (Å²) in [6, 6.07) is 21.2. The van der Waals surface area contributed by atoms with Gasteiger partial charge in [-0.3, -0.25) is 38.9 Å². The van der Waals surface area contributed by atoms with Crippen LogP contribution in [0.2, 0.25) is 0 Å². The molecule has 0 radical (unpaired) electrons. The summed E-state index contributed by atoms with van der Waals surface area (Å²) in [5.41, 5.74) is 8.16. The molecule has 3 fully saturated rings. The second-order valence-electron chi connectivity index (χ2n) is 17.2. The van der Waals surface area contributed by atoms with E-state index in [1.807, 2.05) is 45.0 Å². The van der Waals surface area contributed by atoms with Crippen molar-refractivity contribution in [3.05, 3.63) is 119 Å². The van der Waals surface area contributed by atoms with Crippen LogP contribution in [0.3, 0.4) is 0 Å². The molecule has 15 nitrogen and oxygen atoms in total. The maximum absolute atomic E-state index is 13.3. The smallest absolute Gasteiger partial charge is 0.262 e. The van der Waals surface area contributed by atoms with E-state index in [0.29, 0.717) is 41.0 Å². The Morgan fingerprint density at radius 3 is 2.40 bits per heavy atom. The van der Waals surface area contributed by atoms with E-state index in [2.05, 4.69) is 66.2 Å². The van der Waals surface area contributed by atoms with Gasteiger partial charge in [0.05, 0.1) is 28.6 Å². The second-order valence-corrected chi connectivity index (χ2v) is 17.2. The van der Waals surface area contributed by atoms with Crippen molar-refractivity contribution in [2.45, 2.75) is 71.0 Å². The molecule has 2 aromatic heterocycles. The average molecular weight is 835 g/mol. The molecule has 3 N–H and O–H groups in total. The Morgan fingerprint density at radius 1 is 0.903 bits per heavy atom. The molecule has 1 unspecified atom stereocenters. The molecule has 0 spiro atoms. The molecule has 318 valence electrons. The highest BCUT2D eigenvalue weighted by Gasteiger charge is 2.45. The van der Waals surface area contributed by atoms with Crippen LogP contribution < -0.4 is 20.9 Å². The first-order valence-corrected chi connectivity index (χ1v) is 21.4. The van der Waals surface area contributed by atoms with Gasteiger partial charge in [-0.25, -0.2) is 9.97 Å². The Morgan fingerprint density at radius 2 is 1.68 bits per heavy atom. The van der Waals surface area contributed by atoms with Gasteiger partial charge in [0.1, 0.15) is 6.04 Å². The van der Waals surface area contributed by atoms with Gasteiger partial charge in [-0.05, 0) is 118 Å². The molecule has 15 heteroatoms. The monoisotopic (exact) mass is 834 g/mol. The summed E-state index contributed by atoms with van der Waals surface area (Å²) in [6.07, 6.45) is 7.54. The highest BCUT2D eigenvalue weighted by molar-refractivity contribution is 6.23. The molecule has 1 atom stereocenters. The third-order valence-corrected chi connectivity index (χ3v) is 12.6. The Bertz CT molecular complexity index is 2560. The number of benzene rings is 3. The molecule has 0 bridgehead atoms. The van der Waals surface area contributed by atoms with Crippen molar-refractivity contribution in [2.75, 3.05) is 42.9 Å². The van der Waals surface area contributed by atoms with E-state index in [9.17, 15) is 24.0 Å². The lowest BCUT2D eigenvalue weighted by Crippen LogP contribution is -2.54. The van der Waals surface area contributed by atoms with E-state index < -0.39 is 23.8 Å². The average Bonchev–Trinajstić information content (AvgIpc) is 3.85. The number of nitrogens with one attached hydrogen (secondary N) is 3. The zero-order valence-electron chi connectivity index (χ0n) is 35.1. The molecule has 9 rings (SSSR count). The number of carbonyl (C=O) groups is 5. The quantitative estimate of drug-likeness (QED) is 0.133. The van der Waals surface area contributed by atoms with Crippen LogP contribution >= 0.6 is 0 Å². The third-order valence-electron chi connectivity index (χ3n) is 12.6. The minimum absolute atomic E-state index is 0.0962. The fourth-order valence-corrected chi connectivity index (χ4v) is 8.98. The lowest BCUT2D eigenvalue weighted by molar-refractivity contribution is -0.136. The molecular formula is C47H50N10O5. The van der Waals surface area contributed by atoms with Crippen LogP contribution in [0.25, 0.3) is 11.3 Å². The van der Waals surface area contributed by atoms with Crippen molar-refractivity contribution in [2.24, 2.45) is 5.92 Å². The Labute approximate surface area is 359 Å². The first-order valence-electron chi connectivity index (χ1n) is 21.4. The largest absolute Gasteiger partial charge is 0.371 e. The van der Waals surface area contributed by atoms with Gasteiger partial charge in [-0.1, -0.05) is 24.3 Å². The number of fused-ring (bicyclic) bond motifs is 1. The van der Waals surface area contributed by atoms with Crippen molar-refractivity contribution in [1.29, 1.82) is 0 Å². The lowest BCUT2D eigenvalue weighted by atomic mass is 9.88. The SMILES string of the molecule is Cc1cc(-c2ccnc(Nc3ccc(C4CCN(CC5CN(c6ccc7c(c6)C(=O)N(C6CCC(=O)NC6=O)C7=O)C5)CC4)cc3)n2)ccc1CNC(=O)c1cnn(C(C)C)c1. The molecule has 6 heterocycles. The maximum Gasteiger partial charge on any atom is 0.262 e. The second kappa shape index (κ2) is 17.0. The van der Waals surface area contributed by atoms with Gasteiger partial charge < -0.3 is 20.4 Å². The van der Waals surface area contributed by atoms with Crippen LogP contribution in [0.15, 0.2) is 85.3 Å². The van der Waals surface area contributed by atoms with Crippen LogP contribution in [-0.2, 0) is 16.1 Å². The molecule has 4 aliphatic rings. The van der Waals surface area contributed by atoms with Crippen molar-refractivity contribution in [3.8, 4) is 11.3 Å². The Kier molecular flexibility index (Phi) is 11.1. The number of carbonyl (C=O) groups excluding carboxylic acids is 5. The zero-order valence-corrected chi connectivity index (χ0v) is 35.1. The van der Waals surface area contributed by atoms with Crippen molar-refractivity contribution >= 4 is 46.9 Å². The number of aryl methyl sites for hydroxylation is 1. The van der Waals surface area contributed by atoms with Gasteiger partial charge in [0.25, 0.3) is 17.7 Å². The topological polar surface area (TPSA) is 175 Å². The van der Waals surface area contributed by atoms with Gasteiger partial charge >= 0.3 is 0 Å². The van der Waals surface area contributed by atoms with Crippen LogP contribution in [0.4, 0.5) is 17.3 Å². The first-order chi connectivity index (χ1) is 30.0. The number of rotatable bonds is 12. The fraction of sp³-hybridized carbons (Fsp3) is 0.362. The number of imide groups is 2. The number of aromatic nitrogens is 4. The number of hydrogen-bond donors (Lipinski definition) is 3. The van der Waals surface area contributed by atoms with Crippen LogP contribution in [0.5, 0.6) is 0 Å². The van der Waals surface area contributed by atoms with Gasteiger partial charge in [0.2, 0.25) is 17.8 Å². The van der Waals surface area contributed by atoms with E-state index in [4.69, 9.17) is 4.98 Å². The van der Waals surface area contributed by atoms with Gasteiger partial charge in [-0.15, -0.1) is 0 Å². The highest BCUT2D eigenvalue weighted by Crippen LogP contribution is 2.35. The number of piperidine rings is 2. The van der Waals surface area contributed by atoms with Crippen molar-refractivity contribution < 1.29 is 24.0 Å². The molecule has 62 heavy (non-hydrogen) atoms. The highest BCUT2D eigenvalue weighted by atomic mass is 16.2. The molecule has 0 aliphatic carbocycles. The fourth-order valence-electron chi connectivity index (χ4n) is 8.98. The number of anilines is 3. The predicted molar refractivity (Wildman–Crippen MR) is 233 cm³/mol. The molecule has 0 saturated carbocycles. The van der Waals surface area contributed by atoms with Gasteiger partial charge in [0.15, 0.2) is 0 Å². The standard InChI is InChI=1S/C47H50N10O5/c1-28(2)56-27-35(23-50-56)43(59)49-22-34-5-4-33(20-29(34)3)40-14-17-48-47(52-40)51-36-8-6-31(7-9-36)32-15-18-54(19-16-32)24-30-25-55(26-30)37-10-11-38-39(21-37)46(62)57(45(38)61)41-12-13-42(58)53-44(41)60/h4-11,14,17,20-21,23,27-28,30,32,41H,12-13,15-16,18-19,22,24-26H2,1-3H3,(H,49,59)(H,48,51,52)(H,53,58,60). The third kappa shape index (κ3) is 8.32. The van der Waals surface area contributed by atoms with E-state index >= 15 is 0 Å². The van der Waals surface area contributed by atoms with Crippen LogP contribution in [-0.4, -0.2) is 97.8 Å². The molecule has 3 aromatic carbocycles. The van der Waals surface area contributed by atoms with E-state index in [1.165, 1.54) is 5.56 Å². The van der Waals surface area contributed by atoms with E-state index in [0.717, 1.165) is 84.2 Å². The lowest BCUT2D eigenvalue weighted by Gasteiger charge is -2.44. The summed E-state index contributed by atoms with van der Waals surface area (Å²) in [5.74, 6) is -0.580. The number of nitrogens with zero attached hydrogens (tertiary/aromatic N) is 7. The summed E-state index contributed by atoms with van der Waals surface area (Å²) in [6.45, 7) is 11.3. The number of likely N-dealkylation sites (tertiary alicyclic amines) is 1. The van der Waals surface area contributed by atoms with Crippen LogP contribution in [0.1, 0.15) is 99.3 Å². The van der Waals surface area contributed by atoms with Crippen molar-refractivity contribution in [1.82, 2.24) is 40.2 Å². The minimum atomic E-state index is -0.966. The normalized spacial score (nSPS) is 18.5. The predicted octanol–water partition coefficient (Wildman–Crippen LogP) is 5.62. The molecule has 4 aliphatic heterocycles. The van der Waals surface area contributed by atoms with Gasteiger partial charge in [0, 0.05) is 73.9 Å². The Hall–Kier alpha value is -6.74. The number of hydrogen-bond acceptors (Lipinski definition) is 11. The van der Waals surface area contributed by atoms with E-state index in [-0.39, 0.29) is 30.7 Å². The Balaban J connectivity index is 0.727. The summed E-state index contributed by atoms with van der Waals surface area (Å²) in [5, 5.41) is 12.9. The van der Waals surface area contributed by atoms with Crippen molar-refractivity contribution in [3.63, 3.8) is 0 Å². The first kappa shape index (κ1) is 40.7. The minimum Gasteiger partial charge on any atom is -0.371 e. The summed E-state index contributed by atoms with van der Waals surface area (Å²) in [7, 11) is 0. The zero-order chi connectivity index (χ0) is 43.1. The van der Waals surface area contributed by atoms with E-state index in [1.54, 1.807) is 35.4 Å². The van der Waals surface area contributed by atoms with Gasteiger partial charge in [-0.2, -0.15) is 5.10 Å². The summed E-state index contributed by atoms with van der Waals surface area (Å²) < 4.78 is 1.77. The molecule has 3 saturated heterocycles. The number of amides is 5. The summed E-state index contributed by atoms with van der Waals surface area (Å²) in [4.78, 5) is 78.2. The summed E-state index contributed by atoms with van der Waals surface area (Å²) >= 11 is 0. The van der Waals surface area contributed by atoms with Crippen LogP contribution in [0, 0.1) is 12.8 Å². The molecule has 5 aromatic rings. The maximum atomic E-state index is 13.3. The molecule has 5 amide bonds. The molecular weight excluding hydrogens is 785 g/mol.